The fraction of sp³-hybridized carbons (Fsp3) is 0.529. The molecule has 0 heterocycles. The zero-order valence-corrected chi connectivity index (χ0v) is 13.1. The lowest BCUT2D eigenvalue weighted by Crippen LogP contribution is -2.36. The number of hydrogen-bond acceptors (Lipinski definition) is 3. The average molecular weight is 303 g/mol. The second kappa shape index (κ2) is 7.82. The van der Waals surface area contributed by atoms with E-state index in [-0.39, 0.29) is 17.8 Å². The highest BCUT2D eigenvalue weighted by molar-refractivity contribution is 5.75. The van der Waals surface area contributed by atoms with Gasteiger partial charge in [-0.1, -0.05) is 19.1 Å². The van der Waals surface area contributed by atoms with Crippen molar-refractivity contribution in [1.29, 1.82) is 5.41 Å². The largest absolute Gasteiger partial charge is 0.426 e. The first-order valence-electron chi connectivity index (χ1n) is 7.97. The molecule has 0 saturated heterocycles. The summed E-state index contributed by atoms with van der Waals surface area (Å²) < 4.78 is 5.48. The molecule has 1 aliphatic rings. The molecule has 1 fully saturated rings. The number of nitrogens with one attached hydrogen (secondary N) is 2. The molecule has 0 amide bonds. The fourth-order valence-corrected chi connectivity index (χ4v) is 2.85. The maximum atomic E-state index is 12.2. The number of rotatable bonds is 5. The van der Waals surface area contributed by atoms with Gasteiger partial charge in [0.2, 0.25) is 0 Å². The molecule has 1 aromatic rings. The Morgan fingerprint density at radius 2 is 1.91 bits per heavy atom. The molecule has 0 aliphatic heterocycles. The normalized spacial score (nSPS) is 21.1. The van der Waals surface area contributed by atoms with E-state index in [1.54, 1.807) is 0 Å². The van der Waals surface area contributed by atoms with Gasteiger partial charge in [0.25, 0.3) is 0 Å². The zero-order valence-electron chi connectivity index (χ0n) is 13.1. The van der Waals surface area contributed by atoms with Gasteiger partial charge >= 0.3 is 5.97 Å². The van der Waals surface area contributed by atoms with Gasteiger partial charge in [-0.3, -0.25) is 10.2 Å². The van der Waals surface area contributed by atoms with Gasteiger partial charge in [-0.15, -0.1) is 0 Å². The molecule has 0 bridgehead atoms. The Morgan fingerprint density at radius 3 is 2.45 bits per heavy atom. The standard InChI is InChI=1S/C17H25N3O2/c1-2-12-5-9-15(10-6-12)22-16(21)14-7-3-13(4-8-14)11-20-17(18)19/h5-6,9-10,13-14H,2-4,7-8,11H2,1H3,(H4,18,19,20)/t13-,14-. The highest BCUT2D eigenvalue weighted by Crippen LogP contribution is 2.29. The van der Waals surface area contributed by atoms with Crippen molar-refractivity contribution in [3.05, 3.63) is 29.8 Å². The Morgan fingerprint density at radius 1 is 1.27 bits per heavy atom. The van der Waals surface area contributed by atoms with Crippen LogP contribution in [0, 0.1) is 17.2 Å². The van der Waals surface area contributed by atoms with Crippen molar-refractivity contribution in [2.45, 2.75) is 39.0 Å². The number of hydrogen-bond donors (Lipinski definition) is 3. The van der Waals surface area contributed by atoms with Crippen LogP contribution in [-0.2, 0) is 11.2 Å². The number of aryl methyl sites for hydroxylation is 1. The van der Waals surface area contributed by atoms with Crippen LogP contribution < -0.4 is 15.8 Å². The van der Waals surface area contributed by atoms with Crippen LogP contribution in [0.15, 0.2) is 24.3 Å². The summed E-state index contributed by atoms with van der Waals surface area (Å²) in [4.78, 5) is 12.2. The molecule has 120 valence electrons. The van der Waals surface area contributed by atoms with Crippen LogP contribution in [0.2, 0.25) is 0 Å². The molecular formula is C17H25N3O2. The van der Waals surface area contributed by atoms with Crippen LogP contribution in [0.4, 0.5) is 0 Å². The predicted octanol–water partition coefficient (Wildman–Crippen LogP) is 2.44. The number of ether oxygens (including phenoxy) is 1. The summed E-state index contributed by atoms with van der Waals surface area (Å²) in [6.45, 7) is 2.82. The van der Waals surface area contributed by atoms with E-state index in [4.69, 9.17) is 15.9 Å². The van der Waals surface area contributed by atoms with Crippen LogP contribution in [0.25, 0.3) is 0 Å². The molecule has 5 nitrogen and oxygen atoms in total. The van der Waals surface area contributed by atoms with Gasteiger partial charge in [0, 0.05) is 6.54 Å². The summed E-state index contributed by atoms with van der Waals surface area (Å²) >= 11 is 0. The molecule has 1 aromatic carbocycles. The van der Waals surface area contributed by atoms with Crippen molar-refractivity contribution in [3.63, 3.8) is 0 Å². The van der Waals surface area contributed by atoms with Crippen LogP contribution in [-0.4, -0.2) is 18.5 Å². The van der Waals surface area contributed by atoms with E-state index >= 15 is 0 Å². The molecule has 0 atom stereocenters. The second-order valence-electron chi connectivity index (χ2n) is 5.93. The molecule has 22 heavy (non-hydrogen) atoms. The van der Waals surface area contributed by atoms with Crippen LogP contribution in [0.3, 0.4) is 0 Å². The van der Waals surface area contributed by atoms with E-state index in [1.165, 1.54) is 5.56 Å². The Bertz CT molecular complexity index is 505. The smallest absolute Gasteiger partial charge is 0.314 e. The van der Waals surface area contributed by atoms with Gasteiger partial charge in [-0.2, -0.15) is 0 Å². The zero-order chi connectivity index (χ0) is 15.9. The number of benzene rings is 1. The molecule has 0 unspecified atom stereocenters. The number of esters is 1. The average Bonchev–Trinajstić information content (AvgIpc) is 2.54. The Hall–Kier alpha value is -2.04. The fourth-order valence-electron chi connectivity index (χ4n) is 2.85. The van der Waals surface area contributed by atoms with E-state index in [2.05, 4.69) is 12.2 Å². The number of guanidine groups is 1. The van der Waals surface area contributed by atoms with E-state index in [1.807, 2.05) is 24.3 Å². The SMILES string of the molecule is CCc1ccc(OC(=O)[C@H]2CC[C@H](CNC(=N)N)CC2)cc1. The first kappa shape index (κ1) is 16.3. The first-order chi connectivity index (χ1) is 10.6. The Labute approximate surface area is 131 Å². The summed E-state index contributed by atoms with van der Waals surface area (Å²) in [7, 11) is 0. The van der Waals surface area contributed by atoms with E-state index in [9.17, 15) is 4.79 Å². The monoisotopic (exact) mass is 303 g/mol. The highest BCUT2D eigenvalue weighted by Gasteiger charge is 2.27. The third-order valence-corrected chi connectivity index (χ3v) is 4.31. The molecule has 0 aromatic heterocycles. The lowest BCUT2D eigenvalue weighted by atomic mass is 9.82. The number of carbonyl (C=O) groups excluding carboxylic acids is 1. The van der Waals surface area contributed by atoms with Crippen molar-refractivity contribution in [1.82, 2.24) is 5.32 Å². The van der Waals surface area contributed by atoms with Gasteiger partial charge in [0.05, 0.1) is 5.92 Å². The molecule has 1 saturated carbocycles. The molecule has 1 aliphatic carbocycles. The summed E-state index contributed by atoms with van der Waals surface area (Å²) in [5.74, 6) is 0.984. The van der Waals surface area contributed by atoms with Gasteiger partial charge in [0.1, 0.15) is 5.75 Å². The lowest BCUT2D eigenvalue weighted by molar-refractivity contribution is -0.140. The van der Waals surface area contributed by atoms with E-state index in [0.717, 1.165) is 38.6 Å². The van der Waals surface area contributed by atoms with Crippen LogP contribution in [0.5, 0.6) is 5.75 Å². The maximum absolute atomic E-state index is 12.2. The number of carbonyl (C=O) groups is 1. The molecule has 5 heteroatoms. The van der Waals surface area contributed by atoms with Crippen molar-refractivity contribution < 1.29 is 9.53 Å². The molecular weight excluding hydrogens is 278 g/mol. The third-order valence-electron chi connectivity index (χ3n) is 4.31. The Kier molecular flexibility index (Phi) is 5.81. The minimum absolute atomic E-state index is 0.0112. The summed E-state index contributed by atoms with van der Waals surface area (Å²) in [6, 6.07) is 7.71. The van der Waals surface area contributed by atoms with Crippen molar-refractivity contribution in [3.8, 4) is 5.75 Å². The van der Waals surface area contributed by atoms with E-state index in [0.29, 0.717) is 11.7 Å². The summed E-state index contributed by atoms with van der Waals surface area (Å²) in [5, 5.41) is 10.0. The maximum Gasteiger partial charge on any atom is 0.314 e. The second-order valence-corrected chi connectivity index (χ2v) is 5.93. The summed E-state index contributed by atoms with van der Waals surface area (Å²) in [5.41, 5.74) is 6.52. The van der Waals surface area contributed by atoms with E-state index < -0.39 is 0 Å². The quantitative estimate of drug-likeness (QED) is 0.337. The minimum atomic E-state index is -0.123. The van der Waals surface area contributed by atoms with Crippen LogP contribution >= 0.6 is 0 Å². The van der Waals surface area contributed by atoms with Gasteiger partial charge in [-0.05, 0) is 55.7 Å². The van der Waals surface area contributed by atoms with Crippen molar-refractivity contribution in [2.75, 3.05) is 6.54 Å². The minimum Gasteiger partial charge on any atom is -0.426 e. The molecule has 2 rings (SSSR count). The van der Waals surface area contributed by atoms with Crippen LogP contribution in [0.1, 0.15) is 38.2 Å². The van der Waals surface area contributed by atoms with Gasteiger partial charge < -0.3 is 15.8 Å². The molecule has 0 radical (unpaired) electrons. The topological polar surface area (TPSA) is 88.2 Å². The summed E-state index contributed by atoms with van der Waals surface area (Å²) in [6.07, 6.45) is 4.60. The predicted molar refractivity (Wildman–Crippen MR) is 86.8 cm³/mol. The van der Waals surface area contributed by atoms with Crippen molar-refractivity contribution in [2.24, 2.45) is 17.6 Å². The Balaban J connectivity index is 1.78. The van der Waals surface area contributed by atoms with Gasteiger partial charge in [0.15, 0.2) is 5.96 Å². The highest BCUT2D eigenvalue weighted by atomic mass is 16.5. The molecule has 0 spiro atoms. The van der Waals surface area contributed by atoms with Gasteiger partial charge in [-0.25, -0.2) is 0 Å². The first-order valence-corrected chi connectivity index (χ1v) is 7.97. The molecule has 4 N–H and O–H groups in total. The lowest BCUT2D eigenvalue weighted by Gasteiger charge is -2.27. The number of nitrogens with two attached hydrogens (primary N) is 1. The third kappa shape index (κ3) is 4.76. The van der Waals surface area contributed by atoms with Crippen molar-refractivity contribution >= 4 is 11.9 Å².